The molecule has 0 radical (unpaired) electrons. The molecule has 1 aromatic carbocycles. The Bertz CT molecular complexity index is 681. The third kappa shape index (κ3) is 3.04. The second kappa shape index (κ2) is 5.95. The molecule has 5 nitrogen and oxygen atoms in total. The van der Waals surface area contributed by atoms with Crippen LogP contribution in [0.25, 0.3) is 10.9 Å². The summed E-state index contributed by atoms with van der Waals surface area (Å²) >= 11 is 0. The molecule has 0 fully saturated rings. The number of nitrogens with zero attached hydrogens (tertiary/aromatic N) is 1. The minimum Gasteiger partial charge on any atom is -0.480 e. The third-order valence-corrected chi connectivity index (χ3v) is 3.53. The van der Waals surface area contributed by atoms with E-state index in [0.29, 0.717) is 17.3 Å². The zero-order chi connectivity index (χ0) is 15.6. The summed E-state index contributed by atoms with van der Waals surface area (Å²) in [6.45, 7) is 3.27. The summed E-state index contributed by atoms with van der Waals surface area (Å²) in [5.74, 6) is -1.94. The maximum absolute atomic E-state index is 13.7. The van der Waals surface area contributed by atoms with Crippen LogP contribution in [0.1, 0.15) is 30.8 Å². The summed E-state index contributed by atoms with van der Waals surface area (Å²) in [5.41, 5.74) is 0.703. The van der Waals surface area contributed by atoms with E-state index in [2.05, 4.69) is 4.98 Å². The molecule has 2 aromatic rings. The Hall–Kier alpha value is -2.37. The summed E-state index contributed by atoms with van der Waals surface area (Å²) in [5, 5.41) is 9.26. The van der Waals surface area contributed by atoms with E-state index in [0.717, 1.165) is 0 Å². The second-order valence-electron chi connectivity index (χ2n) is 4.97. The third-order valence-electron chi connectivity index (χ3n) is 3.53. The molecule has 0 spiro atoms. The van der Waals surface area contributed by atoms with E-state index in [-0.39, 0.29) is 18.3 Å². The van der Waals surface area contributed by atoms with Crippen molar-refractivity contribution in [1.29, 1.82) is 0 Å². The number of benzene rings is 1. The highest BCUT2D eigenvalue weighted by Gasteiger charge is 2.24. The number of hydrogen-bond acceptors (Lipinski definition) is 2. The van der Waals surface area contributed by atoms with Gasteiger partial charge in [-0.3, -0.25) is 9.59 Å². The number of amides is 1. The number of fused-ring (bicyclic) bond motifs is 1. The molecule has 1 atom stereocenters. The molecular weight excluding hydrogens is 275 g/mol. The van der Waals surface area contributed by atoms with E-state index < -0.39 is 17.7 Å². The van der Waals surface area contributed by atoms with Crippen molar-refractivity contribution >= 4 is 22.8 Å². The van der Waals surface area contributed by atoms with Crippen LogP contribution in [-0.2, 0) is 4.79 Å². The maximum atomic E-state index is 13.7. The molecule has 0 aliphatic heterocycles. The number of carbonyl (C=O) groups excluding carboxylic acids is 1. The number of rotatable bonds is 5. The van der Waals surface area contributed by atoms with Crippen LogP contribution in [0.2, 0.25) is 0 Å². The molecule has 112 valence electrons. The van der Waals surface area contributed by atoms with Crippen LogP contribution in [0.15, 0.2) is 24.3 Å². The highest BCUT2D eigenvalue weighted by atomic mass is 19.1. The molecule has 2 N–H and O–H groups in total. The number of aromatic nitrogens is 1. The fraction of sp³-hybridized carbons (Fsp3) is 0.333. The SMILES string of the molecule is CCC(C)N(CC(=O)O)C(=O)c1cc2c(F)cccc2[nH]1. The van der Waals surface area contributed by atoms with E-state index in [1.807, 2.05) is 6.92 Å². The number of H-pyrrole nitrogens is 1. The lowest BCUT2D eigenvalue weighted by molar-refractivity contribution is -0.138. The first-order chi connectivity index (χ1) is 9.93. The average Bonchev–Trinajstić information content (AvgIpc) is 2.88. The number of carboxylic acid groups (broad SMARTS) is 1. The van der Waals surface area contributed by atoms with Gasteiger partial charge in [0.25, 0.3) is 5.91 Å². The van der Waals surface area contributed by atoms with Gasteiger partial charge in [-0.05, 0) is 31.5 Å². The standard InChI is InChI=1S/C15H17FN2O3/c1-3-9(2)18(8-14(19)20)15(21)13-7-10-11(16)5-4-6-12(10)17-13/h4-7,9,17H,3,8H2,1-2H3,(H,19,20). The van der Waals surface area contributed by atoms with Crippen LogP contribution < -0.4 is 0 Å². The highest BCUT2D eigenvalue weighted by Crippen LogP contribution is 2.20. The molecular formula is C15H17FN2O3. The van der Waals surface area contributed by atoms with Gasteiger partial charge in [0.2, 0.25) is 0 Å². The lowest BCUT2D eigenvalue weighted by Gasteiger charge is -2.26. The van der Waals surface area contributed by atoms with Gasteiger partial charge in [-0.15, -0.1) is 0 Å². The van der Waals surface area contributed by atoms with Gasteiger partial charge in [-0.25, -0.2) is 4.39 Å². The van der Waals surface area contributed by atoms with Crippen LogP contribution in [-0.4, -0.2) is 39.5 Å². The van der Waals surface area contributed by atoms with Crippen molar-refractivity contribution in [3.05, 3.63) is 35.8 Å². The van der Waals surface area contributed by atoms with Crippen molar-refractivity contribution in [3.63, 3.8) is 0 Å². The van der Waals surface area contributed by atoms with Gasteiger partial charge in [0.15, 0.2) is 0 Å². The number of aromatic amines is 1. The highest BCUT2D eigenvalue weighted by molar-refractivity contribution is 5.99. The van der Waals surface area contributed by atoms with Gasteiger partial charge in [-0.1, -0.05) is 13.0 Å². The average molecular weight is 292 g/mol. The van der Waals surface area contributed by atoms with Crippen molar-refractivity contribution in [1.82, 2.24) is 9.88 Å². The van der Waals surface area contributed by atoms with E-state index >= 15 is 0 Å². The van der Waals surface area contributed by atoms with Crippen molar-refractivity contribution in [2.45, 2.75) is 26.3 Å². The molecule has 0 saturated heterocycles. The Morgan fingerprint density at radius 3 is 2.71 bits per heavy atom. The first-order valence-corrected chi connectivity index (χ1v) is 6.74. The van der Waals surface area contributed by atoms with Crippen LogP contribution in [0.4, 0.5) is 4.39 Å². The summed E-state index contributed by atoms with van der Waals surface area (Å²) in [6, 6.07) is 5.73. The molecule has 0 aliphatic rings. The maximum Gasteiger partial charge on any atom is 0.323 e. The van der Waals surface area contributed by atoms with Gasteiger partial charge in [0.1, 0.15) is 18.1 Å². The van der Waals surface area contributed by atoms with Crippen LogP contribution in [0, 0.1) is 5.82 Å². The molecule has 2 rings (SSSR count). The van der Waals surface area contributed by atoms with Crippen LogP contribution in [0.5, 0.6) is 0 Å². The Morgan fingerprint density at radius 1 is 1.43 bits per heavy atom. The van der Waals surface area contributed by atoms with E-state index in [9.17, 15) is 14.0 Å². The quantitative estimate of drug-likeness (QED) is 0.889. The smallest absolute Gasteiger partial charge is 0.323 e. The van der Waals surface area contributed by atoms with E-state index in [4.69, 9.17) is 5.11 Å². The van der Waals surface area contributed by atoms with E-state index in [1.165, 1.54) is 17.0 Å². The molecule has 0 aliphatic carbocycles. The number of hydrogen-bond donors (Lipinski definition) is 2. The Balaban J connectivity index is 2.38. The molecule has 0 bridgehead atoms. The van der Waals surface area contributed by atoms with Crippen LogP contribution >= 0.6 is 0 Å². The Kier molecular flexibility index (Phi) is 4.26. The number of carbonyl (C=O) groups is 2. The Morgan fingerprint density at radius 2 is 2.14 bits per heavy atom. The minimum atomic E-state index is -1.08. The Labute approximate surface area is 121 Å². The molecule has 21 heavy (non-hydrogen) atoms. The van der Waals surface area contributed by atoms with Crippen molar-refractivity contribution in [2.24, 2.45) is 0 Å². The summed E-state index contributed by atoms with van der Waals surface area (Å²) in [7, 11) is 0. The second-order valence-corrected chi connectivity index (χ2v) is 4.97. The zero-order valence-corrected chi connectivity index (χ0v) is 11.9. The first-order valence-electron chi connectivity index (χ1n) is 6.74. The van der Waals surface area contributed by atoms with Crippen molar-refractivity contribution in [3.8, 4) is 0 Å². The normalized spacial score (nSPS) is 12.3. The van der Waals surface area contributed by atoms with Gasteiger partial charge in [0, 0.05) is 16.9 Å². The van der Waals surface area contributed by atoms with Crippen LogP contribution in [0.3, 0.4) is 0 Å². The van der Waals surface area contributed by atoms with Gasteiger partial charge >= 0.3 is 5.97 Å². The number of aliphatic carboxylic acids is 1. The predicted molar refractivity (Wildman–Crippen MR) is 76.7 cm³/mol. The number of halogens is 1. The summed E-state index contributed by atoms with van der Waals surface area (Å²) in [6.07, 6.45) is 0.633. The first kappa shape index (κ1) is 15.0. The zero-order valence-electron chi connectivity index (χ0n) is 11.9. The fourth-order valence-corrected chi connectivity index (χ4v) is 2.18. The monoisotopic (exact) mass is 292 g/mol. The summed E-state index contributed by atoms with van der Waals surface area (Å²) in [4.78, 5) is 27.5. The summed E-state index contributed by atoms with van der Waals surface area (Å²) < 4.78 is 13.7. The van der Waals surface area contributed by atoms with Gasteiger partial charge in [0.05, 0.1) is 0 Å². The molecule has 1 heterocycles. The molecule has 1 unspecified atom stereocenters. The molecule has 6 heteroatoms. The number of nitrogens with one attached hydrogen (secondary N) is 1. The molecule has 1 aromatic heterocycles. The molecule has 0 saturated carbocycles. The lowest BCUT2D eigenvalue weighted by Crippen LogP contribution is -2.42. The van der Waals surface area contributed by atoms with Crippen molar-refractivity contribution < 1.29 is 19.1 Å². The fourth-order valence-electron chi connectivity index (χ4n) is 2.18. The predicted octanol–water partition coefficient (Wildman–Crippen LogP) is 2.63. The topological polar surface area (TPSA) is 73.4 Å². The van der Waals surface area contributed by atoms with Gasteiger partial charge < -0.3 is 15.0 Å². The largest absolute Gasteiger partial charge is 0.480 e. The minimum absolute atomic E-state index is 0.191. The van der Waals surface area contributed by atoms with Gasteiger partial charge in [-0.2, -0.15) is 0 Å². The van der Waals surface area contributed by atoms with E-state index in [1.54, 1.807) is 19.1 Å². The molecule has 1 amide bonds. The number of carboxylic acids is 1. The lowest BCUT2D eigenvalue weighted by atomic mass is 10.2. The van der Waals surface area contributed by atoms with Crippen molar-refractivity contribution in [2.75, 3.05) is 6.54 Å².